The number of nitrogens with one attached hydrogen (secondary N) is 1. The first-order valence-corrected chi connectivity index (χ1v) is 10.1. The van der Waals surface area contributed by atoms with Crippen LogP contribution in [0, 0.1) is 0 Å². The van der Waals surface area contributed by atoms with E-state index in [9.17, 15) is 14.4 Å². The Morgan fingerprint density at radius 3 is 2.54 bits per heavy atom. The van der Waals surface area contributed by atoms with Crippen molar-refractivity contribution in [3.8, 4) is 5.75 Å². The SMILES string of the molecule is COC(=O)c1c(NC(=O)COc2ccc(Br)cc2)sc2c1[C@@H](C(=O)OC)CC2. The molecule has 0 aliphatic heterocycles. The fourth-order valence-electron chi connectivity index (χ4n) is 3.08. The molecule has 3 rings (SSSR count). The number of hydrogen-bond donors (Lipinski definition) is 1. The van der Waals surface area contributed by atoms with Crippen LogP contribution in [0.5, 0.6) is 5.75 Å². The van der Waals surface area contributed by atoms with Gasteiger partial charge in [0.25, 0.3) is 5.91 Å². The van der Waals surface area contributed by atoms with Crippen LogP contribution in [0.15, 0.2) is 28.7 Å². The molecule has 148 valence electrons. The molecular weight excluding hydrogens is 450 g/mol. The molecule has 1 amide bonds. The van der Waals surface area contributed by atoms with Crippen molar-refractivity contribution in [2.24, 2.45) is 0 Å². The lowest BCUT2D eigenvalue weighted by Crippen LogP contribution is -2.22. The topological polar surface area (TPSA) is 90.9 Å². The zero-order chi connectivity index (χ0) is 20.3. The second-order valence-electron chi connectivity index (χ2n) is 6.04. The second-order valence-corrected chi connectivity index (χ2v) is 8.06. The van der Waals surface area contributed by atoms with Gasteiger partial charge in [0.2, 0.25) is 0 Å². The number of anilines is 1. The first-order valence-electron chi connectivity index (χ1n) is 8.44. The van der Waals surface area contributed by atoms with E-state index in [0.29, 0.717) is 29.2 Å². The monoisotopic (exact) mass is 467 g/mol. The van der Waals surface area contributed by atoms with Gasteiger partial charge in [0, 0.05) is 9.35 Å². The summed E-state index contributed by atoms with van der Waals surface area (Å²) in [6.45, 7) is -0.217. The molecule has 2 aromatic rings. The Kier molecular flexibility index (Phi) is 6.35. The number of methoxy groups -OCH3 is 2. The minimum atomic E-state index is -0.600. The molecule has 9 heteroatoms. The number of carbonyl (C=O) groups excluding carboxylic acids is 3. The van der Waals surface area contributed by atoms with Gasteiger partial charge >= 0.3 is 11.9 Å². The van der Waals surface area contributed by atoms with Crippen molar-refractivity contribution in [2.75, 3.05) is 26.1 Å². The van der Waals surface area contributed by atoms with Crippen LogP contribution in [0.2, 0.25) is 0 Å². The summed E-state index contributed by atoms with van der Waals surface area (Å²) >= 11 is 4.60. The van der Waals surface area contributed by atoms with Crippen molar-refractivity contribution < 1.29 is 28.6 Å². The maximum atomic E-state index is 12.3. The number of carbonyl (C=O) groups is 3. The van der Waals surface area contributed by atoms with Gasteiger partial charge in [0.05, 0.1) is 25.7 Å². The standard InChI is InChI=1S/C19H18BrNO6S/c1-25-18(23)12-7-8-13-15(12)16(19(24)26-2)17(28-13)21-14(22)9-27-11-5-3-10(20)4-6-11/h3-6,12H,7-9H2,1-2H3,(H,21,22)/t12-/m0/s1. The van der Waals surface area contributed by atoms with Crippen molar-refractivity contribution in [1.82, 2.24) is 0 Å². The maximum Gasteiger partial charge on any atom is 0.341 e. The highest BCUT2D eigenvalue weighted by Gasteiger charge is 2.38. The number of halogens is 1. The number of esters is 2. The molecule has 1 atom stereocenters. The number of thiophene rings is 1. The quantitative estimate of drug-likeness (QED) is 0.653. The molecule has 1 aromatic carbocycles. The zero-order valence-corrected chi connectivity index (χ0v) is 17.6. The number of fused-ring (bicyclic) bond motifs is 1. The van der Waals surface area contributed by atoms with Gasteiger partial charge in [0.15, 0.2) is 6.61 Å². The van der Waals surface area contributed by atoms with E-state index in [1.165, 1.54) is 25.6 Å². The fraction of sp³-hybridized carbons (Fsp3) is 0.316. The Hall–Kier alpha value is -2.39. The van der Waals surface area contributed by atoms with Crippen molar-refractivity contribution in [2.45, 2.75) is 18.8 Å². The summed E-state index contributed by atoms with van der Waals surface area (Å²) in [7, 11) is 2.57. The third kappa shape index (κ3) is 4.20. The average molecular weight is 468 g/mol. The number of hydrogen-bond acceptors (Lipinski definition) is 7. The van der Waals surface area contributed by atoms with Crippen molar-refractivity contribution >= 4 is 50.1 Å². The highest BCUT2D eigenvalue weighted by atomic mass is 79.9. The first-order chi connectivity index (χ1) is 13.4. The van der Waals surface area contributed by atoms with Crippen molar-refractivity contribution in [3.05, 3.63) is 44.7 Å². The highest BCUT2D eigenvalue weighted by molar-refractivity contribution is 9.10. The van der Waals surface area contributed by atoms with Gasteiger partial charge in [0.1, 0.15) is 10.8 Å². The van der Waals surface area contributed by atoms with Crippen LogP contribution < -0.4 is 10.1 Å². The summed E-state index contributed by atoms with van der Waals surface area (Å²) in [6, 6.07) is 7.08. The zero-order valence-electron chi connectivity index (χ0n) is 15.2. The van der Waals surface area contributed by atoms with Crippen molar-refractivity contribution in [1.29, 1.82) is 0 Å². The Balaban J connectivity index is 1.78. The van der Waals surface area contributed by atoms with Crippen LogP contribution in [0.4, 0.5) is 5.00 Å². The fourth-order valence-corrected chi connectivity index (χ4v) is 4.62. The van der Waals surface area contributed by atoms with Crippen molar-refractivity contribution in [3.63, 3.8) is 0 Å². The summed E-state index contributed by atoms with van der Waals surface area (Å²) in [5.74, 6) is -1.40. The highest BCUT2D eigenvalue weighted by Crippen LogP contribution is 2.45. The molecule has 0 spiro atoms. The van der Waals surface area contributed by atoms with Crippen LogP contribution in [-0.4, -0.2) is 38.7 Å². The van der Waals surface area contributed by atoms with E-state index in [1.54, 1.807) is 24.3 Å². The average Bonchev–Trinajstić information content (AvgIpc) is 3.25. The first kappa shape index (κ1) is 20.3. The molecule has 0 saturated heterocycles. The summed E-state index contributed by atoms with van der Waals surface area (Å²) in [4.78, 5) is 37.6. The molecule has 28 heavy (non-hydrogen) atoms. The van der Waals surface area contributed by atoms with E-state index in [0.717, 1.165) is 9.35 Å². The van der Waals surface area contributed by atoms with E-state index in [-0.39, 0.29) is 12.2 Å². The lowest BCUT2D eigenvalue weighted by Gasteiger charge is -2.12. The largest absolute Gasteiger partial charge is 0.484 e. The molecule has 1 aliphatic carbocycles. The lowest BCUT2D eigenvalue weighted by atomic mass is 9.99. The van der Waals surface area contributed by atoms with Crippen LogP contribution in [-0.2, 0) is 25.5 Å². The van der Waals surface area contributed by atoms with Gasteiger partial charge in [-0.3, -0.25) is 9.59 Å². The van der Waals surface area contributed by atoms with Crippen LogP contribution in [0.25, 0.3) is 0 Å². The molecule has 0 saturated carbocycles. The van der Waals surface area contributed by atoms with Gasteiger partial charge in [-0.2, -0.15) is 0 Å². The summed E-state index contributed by atoms with van der Waals surface area (Å²) in [5.41, 5.74) is 0.806. The number of benzene rings is 1. The molecule has 1 N–H and O–H groups in total. The summed E-state index contributed by atoms with van der Waals surface area (Å²) < 4.78 is 16.1. The predicted octanol–water partition coefficient (Wildman–Crippen LogP) is 3.52. The van der Waals surface area contributed by atoms with Gasteiger partial charge in [-0.25, -0.2) is 4.79 Å². The van der Waals surface area contributed by atoms with Gasteiger partial charge in [-0.15, -0.1) is 11.3 Å². The Morgan fingerprint density at radius 1 is 1.18 bits per heavy atom. The summed E-state index contributed by atoms with van der Waals surface area (Å²) in [5, 5.41) is 3.06. The van der Waals surface area contributed by atoms with E-state index in [4.69, 9.17) is 14.2 Å². The van der Waals surface area contributed by atoms with Crippen LogP contribution in [0.3, 0.4) is 0 Å². The Bertz CT molecular complexity index is 908. The third-order valence-electron chi connectivity index (χ3n) is 4.34. The summed E-state index contributed by atoms with van der Waals surface area (Å²) in [6.07, 6.45) is 1.20. The molecule has 1 aromatic heterocycles. The Morgan fingerprint density at radius 2 is 1.89 bits per heavy atom. The minimum Gasteiger partial charge on any atom is -0.484 e. The van der Waals surface area contributed by atoms with Crippen LogP contribution in [0.1, 0.15) is 33.1 Å². The van der Waals surface area contributed by atoms with Gasteiger partial charge in [-0.05, 0) is 42.7 Å². The second kappa shape index (κ2) is 8.74. The minimum absolute atomic E-state index is 0.215. The molecular formula is C19H18BrNO6S. The number of ether oxygens (including phenoxy) is 3. The number of rotatable bonds is 6. The van der Waals surface area contributed by atoms with Crippen LogP contribution >= 0.6 is 27.3 Å². The molecule has 1 aliphatic rings. The van der Waals surface area contributed by atoms with E-state index in [1.807, 2.05) is 0 Å². The van der Waals surface area contributed by atoms with E-state index < -0.39 is 23.8 Å². The smallest absolute Gasteiger partial charge is 0.341 e. The Labute approximate surface area is 174 Å². The number of amides is 1. The molecule has 0 unspecified atom stereocenters. The van der Waals surface area contributed by atoms with Gasteiger partial charge in [-0.1, -0.05) is 15.9 Å². The van der Waals surface area contributed by atoms with E-state index in [2.05, 4.69) is 21.2 Å². The predicted molar refractivity (Wildman–Crippen MR) is 107 cm³/mol. The number of aryl methyl sites for hydroxylation is 1. The normalized spacial score (nSPS) is 14.9. The lowest BCUT2D eigenvalue weighted by molar-refractivity contribution is -0.142. The van der Waals surface area contributed by atoms with Gasteiger partial charge < -0.3 is 19.5 Å². The maximum absolute atomic E-state index is 12.3. The van der Waals surface area contributed by atoms with E-state index >= 15 is 0 Å². The molecule has 0 fully saturated rings. The third-order valence-corrected chi connectivity index (χ3v) is 6.05. The molecule has 0 bridgehead atoms. The molecule has 0 radical (unpaired) electrons. The molecule has 1 heterocycles. The molecule has 7 nitrogen and oxygen atoms in total.